The highest BCUT2D eigenvalue weighted by atomic mass is 16.3. The number of ketones is 2. The van der Waals surface area contributed by atoms with Crippen LogP contribution in [0.5, 0.6) is 5.75 Å². The summed E-state index contributed by atoms with van der Waals surface area (Å²) in [5.41, 5.74) is 11.7. The van der Waals surface area contributed by atoms with Crippen LogP contribution in [0.3, 0.4) is 0 Å². The standard InChI is InChI=1S/C19H18N2O6/c20-9-1-2-10(22)14-8(9)4-6-3-7-5-11(23)15(19(21)27)18(26)13(7)16(24)12(6)17(14)25/h1-2,6-7,13,22,25-26H,3-5,20H2,(H2,21,27). The van der Waals surface area contributed by atoms with Crippen molar-refractivity contribution < 1.29 is 29.7 Å². The zero-order valence-electron chi connectivity index (χ0n) is 14.2. The van der Waals surface area contributed by atoms with E-state index in [1.54, 1.807) is 0 Å². The molecule has 3 unspecified atom stereocenters. The smallest absolute Gasteiger partial charge is 0.255 e. The molecule has 27 heavy (non-hydrogen) atoms. The number of amides is 1. The number of carbonyl (C=O) groups excluding carboxylic acids is 3. The van der Waals surface area contributed by atoms with Crippen molar-refractivity contribution in [3.8, 4) is 5.75 Å². The van der Waals surface area contributed by atoms with Crippen LogP contribution in [0.25, 0.3) is 5.76 Å². The Bertz CT molecular complexity index is 990. The monoisotopic (exact) mass is 370 g/mol. The average molecular weight is 370 g/mol. The lowest BCUT2D eigenvalue weighted by molar-refractivity contribution is -0.127. The fourth-order valence-corrected chi connectivity index (χ4v) is 4.67. The van der Waals surface area contributed by atoms with Crippen LogP contribution in [0, 0.1) is 17.8 Å². The fraction of sp³-hybridized carbons (Fsp3) is 0.316. The van der Waals surface area contributed by atoms with Crippen LogP contribution in [-0.4, -0.2) is 32.8 Å². The molecule has 1 aromatic carbocycles. The minimum atomic E-state index is -1.11. The molecule has 0 aromatic heterocycles. The first-order valence-corrected chi connectivity index (χ1v) is 8.56. The Kier molecular flexibility index (Phi) is 3.56. The number of hydrogen-bond acceptors (Lipinski definition) is 7. The van der Waals surface area contributed by atoms with Crippen molar-refractivity contribution in [1.82, 2.24) is 0 Å². The molecular formula is C19H18N2O6. The van der Waals surface area contributed by atoms with E-state index in [0.717, 1.165) is 0 Å². The van der Waals surface area contributed by atoms with E-state index in [0.29, 0.717) is 24.1 Å². The van der Waals surface area contributed by atoms with Crippen LogP contribution in [0.1, 0.15) is 24.0 Å². The second-order valence-electron chi connectivity index (χ2n) is 7.28. The third kappa shape index (κ3) is 2.26. The van der Waals surface area contributed by atoms with E-state index in [2.05, 4.69) is 0 Å². The Labute approximate surface area is 153 Å². The number of primary amides is 1. The number of phenols is 1. The number of aliphatic hydroxyl groups is 2. The van der Waals surface area contributed by atoms with Crippen molar-refractivity contribution in [2.45, 2.75) is 19.3 Å². The minimum absolute atomic E-state index is 0.0777. The van der Waals surface area contributed by atoms with Gasteiger partial charge in [-0.2, -0.15) is 0 Å². The zero-order valence-corrected chi connectivity index (χ0v) is 14.2. The number of rotatable bonds is 1. The molecule has 1 amide bonds. The number of allylic oxidation sites excluding steroid dienone is 2. The molecule has 0 saturated heterocycles. The molecule has 1 aromatic rings. The lowest BCUT2D eigenvalue weighted by Gasteiger charge is -2.41. The van der Waals surface area contributed by atoms with E-state index in [1.165, 1.54) is 12.1 Å². The molecule has 0 bridgehead atoms. The Morgan fingerprint density at radius 3 is 2.48 bits per heavy atom. The summed E-state index contributed by atoms with van der Waals surface area (Å²) in [5.74, 6) is -5.43. The number of benzene rings is 1. The van der Waals surface area contributed by atoms with Crippen LogP contribution in [-0.2, 0) is 20.8 Å². The van der Waals surface area contributed by atoms with Crippen molar-refractivity contribution in [2.24, 2.45) is 23.5 Å². The molecule has 8 nitrogen and oxygen atoms in total. The van der Waals surface area contributed by atoms with Crippen molar-refractivity contribution in [3.63, 3.8) is 0 Å². The van der Waals surface area contributed by atoms with E-state index in [1.807, 2.05) is 0 Å². The van der Waals surface area contributed by atoms with Crippen LogP contribution < -0.4 is 11.5 Å². The number of nitrogens with two attached hydrogens (primary N) is 2. The van der Waals surface area contributed by atoms with E-state index in [4.69, 9.17) is 11.5 Å². The molecule has 140 valence electrons. The van der Waals surface area contributed by atoms with Gasteiger partial charge in [0.05, 0.1) is 11.5 Å². The Morgan fingerprint density at radius 1 is 1.11 bits per heavy atom. The number of nitrogen functional groups attached to an aromatic ring is 1. The molecule has 0 heterocycles. The largest absolute Gasteiger partial charge is 0.511 e. The molecular weight excluding hydrogens is 352 g/mol. The number of carbonyl (C=O) groups is 3. The number of aliphatic hydroxyl groups excluding tert-OH is 2. The Balaban J connectivity index is 1.89. The first kappa shape index (κ1) is 17.1. The molecule has 8 heteroatoms. The predicted molar refractivity (Wildman–Crippen MR) is 94.3 cm³/mol. The molecule has 4 rings (SSSR count). The maximum Gasteiger partial charge on any atom is 0.255 e. The summed E-state index contributed by atoms with van der Waals surface area (Å²) in [6.07, 6.45) is 0.600. The summed E-state index contributed by atoms with van der Waals surface area (Å²) >= 11 is 0. The number of Topliss-reactive ketones (excluding diaryl/α,β-unsaturated/α-hetero) is 2. The highest BCUT2D eigenvalue weighted by Gasteiger charge is 2.50. The van der Waals surface area contributed by atoms with Crippen LogP contribution in [0.4, 0.5) is 5.69 Å². The van der Waals surface area contributed by atoms with Gasteiger partial charge in [0.15, 0.2) is 11.6 Å². The van der Waals surface area contributed by atoms with Gasteiger partial charge in [0.1, 0.15) is 22.8 Å². The van der Waals surface area contributed by atoms with Gasteiger partial charge in [0.25, 0.3) is 5.91 Å². The SMILES string of the molecule is NC(=O)C1=C(O)C2C(=O)C3=C(O)c4c(O)ccc(N)c4CC3CC2CC1=O. The van der Waals surface area contributed by atoms with Crippen molar-refractivity contribution in [1.29, 1.82) is 0 Å². The van der Waals surface area contributed by atoms with Gasteiger partial charge in [-0.1, -0.05) is 0 Å². The summed E-state index contributed by atoms with van der Waals surface area (Å²) in [6.45, 7) is 0. The first-order chi connectivity index (χ1) is 12.7. The van der Waals surface area contributed by atoms with E-state index < -0.39 is 46.6 Å². The van der Waals surface area contributed by atoms with Crippen LogP contribution in [0.2, 0.25) is 0 Å². The summed E-state index contributed by atoms with van der Waals surface area (Å²) < 4.78 is 0. The van der Waals surface area contributed by atoms with Crippen LogP contribution >= 0.6 is 0 Å². The third-order valence-electron chi connectivity index (χ3n) is 5.81. The summed E-state index contributed by atoms with van der Waals surface area (Å²) in [6, 6.07) is 2.86. The topological polar surface area (TPSA) is 164 Å². The highest BCUT2D eigenvalue weighted by molar-refractivity contribution is 6.21. The van der Waals surface area contributed by atoms with Crippen molar-refractivity contribution in [2.75, 3.05) is 5.73 Å². The predicted octanol–water partition coefficient (Wildman–Crippen LogP) is 0.891. The quantitative estimate of drug-likeness (QED) is 0.278. The molecule has 0 spiro atoms. The average Bonchev–Trinajstić information content (AvgIpc) is 2.57. The molecule has 3 atom stereocenters. The molecule has 0 aliphatic heterocycles. The molecule has 3 aliphatic carbocycles. The summed E-state index contributed by atoms with van der Waals surface area (Å²) in [5, 5.41) is 31.3. The van der Waals surface area contributed by atoms with Gasteiger partial charge in [-0.05, 0) is 42.4 Å². The molecule has 3 aliphatic rings. The van der Waals surface area contributed by atoms with Crippen LogP contribution in [0.15, 0.2) is 29.0 Å². The lowest BCUT2D eigenvalue weighted by atomic mass is 9.61. The maximum absolute atomic E-state index is 13.1. The van der Waals surface area contributed by atoms with E-state index in [-0.39, 0.29) is 29.1 Å². The van der Waals surface area contributed by atoms with Gasteiger partial charge in [0, 0.05) is 17.7 Å². The van der Waals surface area contributed by atoms with Gasteiger partial charge in [-0.25, -0.2) is 0 Å². The third-order valence-corrected chi connectivity index (χ3v) is 5.81. The van der Waals surface area contributed by atoms with Gasteiger partial charge in [0.2, 0.25) is 0 Å². The molecule has 1 fully saturated rings. The zero-order chi connectivity index (χ0) is 19.6. The second kappa shape index (κ2) is 5.60. The van der Waals surface area contributed by atoms with E-state index in [9.17, 15) is 29.7 Å². The number of anilines is 1. The molecule has 0 radical (unpaired) electrons. The van der Waals surface area contributed by atoms with Crippen molar-refractivity contribution in [3.05, 3.63) is 40.2 Å². The van der Waals surface area contributed by atoms with Gasteiger partial charge >= 0.3 is 0 Å². The number of phenolic OH excluding ortho intramolecular Hbond substituents is 1. The second-order valence-corrected chi connectivity index (χ2v) is 7.28. The number of hydrogen-bond donors (Lipinski definition) is 5. The van der Waals surface area contributed by atoms with Gasteiger partial charge in [-0.15, -0.1) is 0 Å². The lowest BCUT2D eigenvalue weighted by Crippen LogP contribution is -2.44. The molecule has 1 saturated carbocycles. The first-order valence-electron chi connectivity index (χ1n) is 8.56. The number of aromatic hydroxyl groups is 1. The summed E-state index contributed by atoms with van der Waals surface area (Å²) in [7, 11) is 0. The Morgan fingerprint density at radius 2 is 1.81 bits per heavy atom. The minimum Gasteiger partial charge on any atom is -0.511 e. The van der Waals surface area contributed by atoms with Crippen molar-refractivity contribution >= 4 is 28.9 Å². The molecule has 7 N–H and O–H groups in total. The van der Waals surface area contributed by atoms with Gasteiger partial charge < -0.3 is 26.8 Å². The van der Waals surface area contributed by atoms with Gasteiger partial charge in [-0.3, -0.25) is 14.4 Å². The Hall–Kier alpha value is -3.29. The van der Waals surface area contributed by atoms with E-state index >= 15 is 0 Å². The highest BCUT2D eigenvalue weighted by Crippen LogP contribution is 2.50. The normalized spacial score (nSPS) is 27.2. The maximum atomic E-state index is 13.1. The number of fused-ring (bicyclic) bond motifs is 3. The fourth-order valence-electron chi connectivity index (χ4n) is 4.67. The summed E-state index contributed by atoms with van der Waals surface area (Å²) in [4.78, 5) is 36.8.